The van der Waals surface area contributed by atoms with Gasteiger partial charge in [0.25, 0.3) is 0 Å². The smallest absolute Gasteiger partial charge is 0.0700 e. The molecule has 1 saturated heterocycles. The predicted octanol–water partition coefficient (Wildman–Crippen LogP) is 1.20. The van der Waals surface area contributed by atoms with Gasteiger partial charge < -0.3 is 10.1 Å². The van der Waals surface area contributed by atoms with Crippen LogP contribution in [0.3, 0.4) is 0 Å². The molecule has 1 heterocycles. The van der Waals surface area contributed by atoms with Crippen molar-refractivity contribution in [2.45, 2.75) is 25.9 Å². The molecule has 0 radical (unpaired) electrons. The van der Waals surface area contributed by atoms with Gasteiger partial charge in [0.2, 0.25) is 0 Å². The third kappa shape index (κ3) is 3.40. The van der Waals surface area contributed by atoms with Crippen LogP contribution in [0.15, 0.2) is 0 Å². The Morgan fingerprint density at radius 3 is 2.90 bits per heavy atom. The van der Waals surface area contributed by atoms with Gasteiger partial charge in [0, 0.05) is 13.2 Å². The van der Waals surface area contributed by atoms with Crippen molar-refractivity contribution in [1.82, 2.24) is 5.32 Å². The van der Waals surface area contributed by atoms with Crippen molar-refractivity contribution in [3.8, 4) is 0 Å². The van der Waals surface area contributed by atoms with Crippen LogP contribution in [0.4, 0.5) is 0 Å². The molecule has 0 saturated carbocycles. The minimum absolute atomic E-state index is 0. The summed E-state index contributed by atoms with van der Waals surface area (Å²) >= 11 is 0. The highest BCUT2D eigenvalue weighted by atomic mass is 35.5. The molecule has 0 aliphatic carbocycles. The van der Waals surface area contributed by atoms with E-state index in [4.69, 9.17) is 4.74 Å². The SMILES string of the molecule is CCNC[C@H]1CCCO1.Cl. The molecule has 3 heteroatoms. The quantitative estimate of drug-likeness (QED) is 0.679. The summed E-state index contributed by atoms with van der Waals surface area (Å²) in [5, 5.41) is 3.27. The molecule has 1 fully saturated rings. The van der Waals surface area contributed by atoms with Crippen molar-refractivity contribution in [1.29, 1.82) is 0 Å². The van der Waals surface area contributed by atoms with Gasteiger partial charge in [0.05, 0.1) is 6.10 Å². The zero-order valence-corrected chi connectivity index (χ0v) is 7.25. The van der Waals surface area contributed by atoms with Crippen LogP contribution in [0, 0.1) is 0 Å². The van der Waals surface area contributed by atoms with E-state index in [0.29, 0.717) is 6.10 Å². The Bertz CT molecular complexity index is 74.0. The molecular weight excluding hydrogens is 150 g/mol. The molecule has 0 aromatic heterocycles. The Labute approximate surface area is 68.7 Å². The van der Waals surface area contributed by atoms with Crippen LogP contribution in [0.5, 0.6) is 0 Å². The van der Waals surface area contributed by atoms with E-state index >= 15 is 0 Å². The highest BCUT2D eigenvalue weighted by Crippen LogP contribution is 2.09. The van der Waals surface area contributed by atoms with Crippen LogP contribution in [0.1, 0.15) is 19.8 Å². The zero-order valence-electron chi connectivity index (χ0n) is 6.43. The van der Waals surface area contributed by atoms with Gasteiger partial charge in [-0.25, -0.2) is 0 Å². The molecule has 0 aromatic rings. The lowest BCUT2D eigenvalue weighted by molar-refractivity contribution is 0.110. The molecule has 1 aliphatic rings. The van der Waals surface area contributed by atoms with Crippen molar-refractivity contribution in [3.05, 3.63) is 0 Å². The van der Waals surface area contributed by atoms with E-state index in [1.165, 1.54) is 12.8 Å². The number of nitrogens with one attached hydrogen (secondary N) is 1. The largest absolute Gasteiger partial charge is 0.377 e. The first-order valence-electron chi connectivity index (χ1n) is 3.76. The minimum Gasteiger partial charge on any atom is -0.377 e. The van der Waals surface area contributed by atoms with E-state index in [2.05, 4.69) is 12.2 Å². The van der Waals surface area contributed by atoms with E-state index in [-0.39, 0.29) is 12.4 Å². The molecular formula is C7H16ClNO. The van der Waals surface area contributed by atoms with Gasteiger partial charge in [-0.15, -0.1) is 12.4 Å². The maximum Gasteiger partial charge on any atom is 0.0700 e. The van der Waals surface area contributed by atoms with E-state index in [0.717, 1.165) is 19.7 Å². The third-order valence-electron chi connectivity index (χ3n) is 1.65. The Morgan fingerprint density at radius 1 is 1.60 bits per heavy atom. The fourth-order valence-electron chi connectivity index (χ4n) is 1.11. The Hall–Kier alpha value is 0.210. The van der Waals surface area contributed by atoms with Crippen molar-refractivity contribution in [3.63, 3.8) is 0 Å². The number of hydrogen-bond acceptors (Lipinski definition) is 2. The number of halogens is 1. The second-order valence-electron chi connectivity index (χ2n) is 2.44. The Morgan fingerprint density at radius 2 is 2.40 bits per heavy atom. The molecule has 0 amide bonds. The summed E-state index contributed by atoms with van der Waals surface area (Å²) in [6, 6.07) is 0. The summed E-state index contributed by atoms with van der Waals surface area (Å²) in [6.45, 7) is 5.18. The fraction of sp³-hybridized carbons (Fsp3) is 1.00. The van der Waals surface area contributed by atoms with Crippen LogP contribution in [0.2, 0.25) is 0 Å². The monoisotopic (exact) mass is 165 g/mol. The molecule has 2 nitrogen and oxygen atoms in total. The maximum atomic E-state index is 5.39. The second-order valence-corrected chi connectivity index (χ2v) is 2.44. The number of rotatable bonds is 3. The average molecular weight is 166 g/mol. The maximum absolute atomic E-state index is 5.39. The summed E-state index contributed by atoms with van der Waals surface area (Å²) < 4.78 is 5.39. The fourth-order valence-corrected chi connectivity index (χ4v) is 1.11. The van der Waals surface area contributed by atoms with E-state index < -0.39 is 0 Å². The molecule has 62 valence electrons. The molecule has 10 heavy (non-hydrogen) atoms. The first-order chi connectivity index (χ1) is 4.43. The number of hydrogen-bond donors (Lipinski definition) is 1. The molecule has 0 aromatic carbocycles. The summed E-state index contributed by atoms with van der Waals surface area (Å²) in [5.41, 5.74) is 0. The Balaban J connectivity index is 0.000000810. The van der Waals surface area contributed by atoms with Crippen molar-refractivity contribution in [2.75, 3.05) is 19.7 Å². The van der Waals surface area contributed by atoms with Gasteiger partial charge >= 0.3 is 0 Å². The lowest BCUT2D eigenvalue weighted by Gasteiger charge is -2.07. The predicted molar refractivity (Wildman–Crippen MR) is 44.8 cm³/mol. The summed E-state index contributed by atoms with van der Waals surface area (Å²) in [7, 11) is 0. The normalized spacial score (nSPS) is 24.3. The van der Waals surface area contributed by atoms with Crippen molar-refractivity contribution in [2.24, 2.45) is 0 Å². The first-order valence-corrected chi connectivity index (χ1v) is 3.76. The summed E-state index contributed by atoms with van der Waals surface area (Å²) in [5.74, 6) is 0. The van der Waals surface area contributed by atoms with Crippen LogP contribution in [0.25, 0.3) is 0 Å². The lowest BCUT2D eigenvalue weighted by atomic mass is 10.2. The van der Waals surface area contributed by atoms with Crippen molar-refractivity contribution < 1.29 is 4.74 Å². The third-order valence-corrected chi connectivity index (χ3v) is 1.65. The van der Waals surface area contributed by atoms with Gasteiger partial charge in [-0.2, -0.15) is 0 Å². The van der Waals surface area contributed by atoms with Crippen LogP contribution < -0.4 is 5.32 Å². The lowest BCUT2D eigenvalue weighted by Crippen LogP contribution is -2.25. The first kappa shape index (κ1) is 10.2. The Kier molecular flexibility index (Phi) is 6.08. The van der Waals surface area contributed by atoms with Crippen molar-refractivity contribution >= 4 is 12.4 Å². The number of ether oxygens (including phenoxy) is 1. The molecule has 1 atom stereocenters. The minimum atomic E-state index is 0. The van der Waals surface area contributed by atoms with Crippen LogP contribution in [-0.4, -0.2) is 25.8 Å². The topological polar surface area (TPSA) is 21.3 Å². The van der Waals surface area contributed by atoms with Gasteiger partial charge in [-0.1, -0.05) is 6.92 Å². The molecule has 0 unspecified atom stereocenters. The van der Waals surface area contributed by atoms with E-state index in [9.17, 15) is 0 Å². The van der Waals surface area contributed by atoms with E-state index in [1.807, 2.05) is 0 Å². The van der Waals surface area contributed by atoms with Gasteiger partial charge in [0.15, 0.2) is 0 Å². The second kappa shape index (κ2) is 5.96. The molecule has 1 rings (SSSR count). The summed E-state index contributed by atoms with van der Waals surface area (Å²) in [6.07, 6.45) is 2.99. The molecule has 0 spiro atoms. The van der Waals surface area contributed by atoms with Crippen LogP contribution in [-0.2, 0) is 4.74 Å². The van der Waals surface area contributed by atoms with Gasteiger partial charge in [0.1, 0.15) is 0 Å². The highest BCUT2D eigenvalue weighted by Gasteiger charge is 2.13. The molecule has 0 bridgehead atoms. The molecule has 1 N–H and O–H groups in total. The number of likely N-dealkylation sites (N-methyl/N-ethyl adjacent to an activating group) is 1. The summed E-state index contributed by atoms with van der Waals surface area (Å²) in [4.78, 5) is 0. The average Bonchev–Trinajstić information content (AvgIpc) is 2.34. The van der Waals surface area contributed by atoms with Gasteiger partial charge in [-0.05, 0) is 19.4 Å². The molecule has 1 aliphatic heterocycles. The zero-order chi connectivity index (χ0) is 6.53. The van der Waals surface area contributed by atoms with Gasteiger partial charge in [-0.3, -0.25) is 0 Å². The van der Waals surface area contributed by atoms with E-state index in [1.54, 1.807) is 0 Å². The highest BCUT2D eigenvalue weighted by molar-refractivity contribution is 5.85. The standard InChI is InChI=1S/C7H15NO.ClH/c1-2-8-6-7-4-3-5-9-7;/h7-8H,2-6H2,1H3;1H/t7-;/m1./s1. The van der Waals surface area contributed by atoms with Crippen LogP contribution >= 0.6 is 12.4 Å².